The summed E-state index contributed by atoms with van der Waals surface area (Å²) < 4.78 is 5.40. The molecule has 0 aliphatic carbocycles. The highest BCUT2D eigenvalue weighted by Gasteiger charge is 2.22. The number of aliphatic hydroxyl groups is 1. The number of ether oxygens (including phenoxy) is 1. The Hall–Kier alpha value is -1.40. The molecule has 1 aliphatic rings. The van der Waals surface area contributed by atoms with Crippen molar-refractivity contribution >= 4 is 5.91 Å². The van der Waals surface area contributed by atoms with Gasteiger partial charge in [0, 0.05) is 37.7 Å². The van der Waals surface area contributed by atoms with Crippen molar-refractivity contribution in [3.63, 3.8) is 0 Å². The largest absolute Gasteiger partial charge is 0.396 e. The Bertz CT molecular complexity index is 439. The van der Waals surface area contributed by atoms with Gasteiger partial charge in [0.05, 0.1) is 18.9 Å². The van der Waals surface area contributed by atoms with E-state index in [1.165, 1.54) is 0 Å². The minimum Gasteiger partial charge on any atom is -0.396 e. The summed E-state index contributed by atoms with van der Waals surface area (Å²) in [5, 5.41) is 16.3. The molecule has 2 N–H and O–H groups in total. The molecule has 1 atom stereocenters. The molecule has 0 spiro atoms. The molecule has 0 unspecified atom stereocenters. The van der Waals surface area contributed by atoms with E-state index in [0.717, 1.165) is 17.0 Å². The van der Waals surface area contributed by atoms with Crippen LogP contribution in [-0.4, -0.2) is 59.0 Å². The molecule has 2 rings (SSSR count). The van der Waals surface area contributed by atoms with Crippen LogP contribution in [0.4, 0.5) is 0 Å². The van der Waals surface area contributed by atoms with Crippen molar-refractivity contribution in [1.29, 1.82) is 0 Å². The number of aromatic amines is 1. The summed E-state index contributed by atoms with van der Waals surface area (Å²) in [4.78, 5) is 14.1. The summed E-state index contributed by atoms with van der Waals surface area (Å²) in [7, 11) is 0. The van der Waals surface area contributed by atoms with Crippen LogP contribution >= 0.6 is 0 Å². The number of hydrogen-bond acceptors (Lipinski definition) is 4. The molecular weight excluding hydrogens is 258 g/mol. The van der Waals surface area contributed by atoms with E-state index >= 15 is 0 Å². The predicted molar refractivity (Wildman–Crippen MR) is 74.4 cm³/mol. The molecule has 1 aliphatic heterocycles. The van der Waals surface area contributed by atoms with Crippen molar-refractivity contribution in [3.05, 3.63) is 17.0 Å². The van der Waals surface area contributed by atoms with Crippen molar-refractivity contribution in [2.75, 3.05) is 32.9 Å². The van der Waals surface area contributed by atoms with Crippen LogP contribution < -0.4 is 0 Å². The van der Waals surface area contributed by atoms with E-state index in [-0.39, 0.29) is 18.4 Å². The Morgan fingerprint density at radius 2 is 2.35 bits per heavy atom. The van der Waals surface area contributed by atoms with Gasteiger partial charge < -0.3 is 14.7 Å². The number of nitrogens with one attached hydrogen (secondary N) is 1. The van der Waals surface area contributed by atoms with E-state index in [1.54, 1.807) is 4.90 Å². The van der Waals surface area contributed by atoms with Gasteiger partial charge in [-0.05, 0) is 25.8 Å². The lowest BCUT2D eigenvalue weighted by atomic mass is 10.1. The lowest BCUT2D eigenvalue weighted by molar-refractivity contribution is -0.131. The van der Waals surface area contributed by atoms with Crippen molar-refractivity contribution in [1.82, 2.24) is 15.1 Å². The number of H-pyrrole nitrogens is 1. The average molecular weight is 281 g/mol. The number of aliphatic hydroxyl groups excluding tert-OH is 1. The summed E-state index contributed by atoms with van der Waals surface area (Å²) in [6.07, 6.45) is 1.17. The SMILES string of the molecule is Cc1n[nH]c(C)c1CCC(=O)N1CCOC[C@@H](CO)C1. The third kappa shape index (κ3) is 3.58. The van der Waals surface area contributed by atoms with Crippen molar-refractivity contribution in [2.45, 2.75) is 26.7 Å². The Morgan fingerprint density at radius 1 is 1.55 bits per heavy atom. The summed E-state index contributed by atoms with van der Waals surface area (Å²) in [6, 6.07) is 0. The highest BCUT2D eigenvalue weighted by atomic mass is 16.5. The molecule has 20 heavy (non-hydrogen) atoms. The maximum atomic E-state index is 12.3. The number of aromatic nitrogens is 2. The van der Waals surface area contributed by atoms with Crippen LogP contribution in [0.25, 0.3) is 0 Å². The second-order valence-electron chi connectivity index (χ2n) is 5.38. The monoisotopic (exact) mass is 281 g/mol. The molecule has 0 bridgehead atoms. The number of aryl methyl sites for hydroxylation is 2. The topological polar surface area (TPSA) is 78.5 Å². The molecule has 1 saturated heterocycles. The molecule has 6 heteroatoms. The number of hydrogen-bond donors (Lipinski definition) is 2. The number of rotatable bonds is 4. The van der Waals surface area contributed by atoms with Crippen LogP contribution in [0.2, 0.25) is 0 Å². The van der Waals surface area contributed by atoms with E-state index in [0.29, 0.717) is 39.1 Å². The van der Waals surface area contributed by atoms with Gasteiger partial charge in [-0.1, -0.05) is 0 Å². The summed E-state index contributed by atoms with van der Waals surface area (Å²) in [5.74, 6) is 0.146. The van der Waals surface area contributed by atoms with Crippen LogP contribution in [0, 0.1) is 19.8 Å². The molecule has 1 fully saturated rings. The Balaban J connectivity index is 1.90. The quantitative estimate of drug-likeness (QED) is 0.839. The normalized spacial score (nSPS) is 19.9. The lowest BCUT2D eigenvalue weighted by Gasteiger charge is -2.22. The molecule has 1 aromatic rings. The van der Waals surface area contributed by atoms with E-state index in [4.69, 9.17) is 4.74 Å². The molecule has 112 valence electrons. The van der Waals surface area contributed by atoms with Gasteiger partial charge in [-0.25, -0.2) is 0 Å². The maximum absolute atomic E-state index is 12.3. The Labute approximate surface area is 119 Å². The minimum absolute atomic E-state index is 0.0267. The molecule has 1 amide bonds. The first kappa shape index (κ1) is 15.0. The third-order valence-corrected chi connectivity index (χ3v) is 3.82. The van der Waals surface area contributed by atoms with E-state index in [2.05, 4.69) is 10.2 Å². The molecule has 0 radical (unpaired) electrons. The Kier molecular flexibility index (Phi) is 5.14. The molecule has 6 nitrogen and oxygen atoms in total. The number of nitrogens with zero attached hydrogens (tertiary/aromatic N) is 2. The van der Waals surface area contributed by atoms with Gasteiger partial charge in [0.25, 0.3) is 0 Å². The predicted octanol–water partition coefficient (Wildman–Crippen LogP) is 0.426. The van der Waals surface area contributed by atoms with Crippen LogP contribution in [0.15, 0.2) is 0 Å². The summed E-state index contributed by atoms with van der Waals surface area (Å²) in [6.45, 7) is 6.25. The fourth-order valence-corrected chi connectivity index (χ4v) is 2.55. The zero-order valence-electron chi connectivity index (χ0n) is 12.2. The summed E-state index contributed by atoms with van der Waals surface area (Å²) in [5.41, 5.74) is 3.12. The Morgan fingerprint density at radius 3 is 3.00 bits per heavy atom. The van der Waals surface area contributed by atoms with E-state index < -0.39 is 0 Å². The minimum atomic E-state index is 0.0267. The fourth-order valence-electron chi connectivity index (χ4n) is 2.55. The highest BCUT2D eigenvalue weighted by molar-refractivity contribution is 5.76. The van der Waals surface area contributed by atoms with Crippen LogP contribution in [0.3, 0.4) is 0 Å². The van der Waals surface area contributed by atoms with E-state index in [1.807, 2.05) is 13.8 Å². The van der Waals surface area contributed by atoms with Gasteiger partial charge in [-0.2, -0.15) is 5.10 Å². The zero-order valence-corrected chi connectivity index (χ0v) is 12.2. The number of amides is 1. The van der Waals surface area contributed by atoms with Gasteiger partial charge in [0.1, 0.15) is 0 Å². The molecule has 0 aromatic carbocycles. The lowest BCUT2D eigenvalue weighted by Crippen LogP contribution is -2.36. The van der Waals surface area contributed by atoms with Crippen LogP contribution in [0.5, 0.6) is 0 Å². The van der Waals surface area contributed by atoms with Crippen LogP contribution in [-0.2, 0) is 16.0 Å². The summed E-state index contributed by atoms with van der Waals surface area (Å²) >= 11 is 0. The van der Waals surface area contributed by atoms with Gasteiger partial charge in [-0.3, -0.25) is 9.89 Å². The smallest absolute Gasteiger partial charge is 0.222 e. The number of carbonyl (C=O) groups is 1. The maximum Gasteiger partial charge on any atom is 0.222 e. The first-order valence-electron chi connectivity index (χ1n) is 7.08. The third-order valence-electron chi connectivity index (χ3n) is 3.82. The fraction of sp³-hybridized carbons (Fsp3) is 0.714. The second kappa shape index (κ2) is 6.85. The van der Waals surface area contributed by atoms with E-state index in [9.17, 15) is 9.90 Å². The average Bonchev–Trinajstić information content (AvgIpc) is 2.67. The van der Waals surface area contributed by atoms with Gasteiger partial charge >= 0.3 is 0 Å². The molecule has 1 aromatic heterocycles. The number of carbonyl (C=O) groups excluding carboxylic acids is 1. The van der Waals surface area contributed by atoms with Gasteiger partial charge in [-0.15, -0.1) is 0 Å². The first-order valence-corrected chi connectivity index (χ1v) is 7.08. The van der Waals surface area contributed by atoms with Crippen molar-refractivity contribution in [2.24, 2.45) is 5.92 Å². The van der Waals surface area contributed by atoms with Gasteiger partial charge in [0.2, 0.25) is 5.91 Å². The van der Waals surface area contributed by atoms with Crippen molar-refractivity contribution < 1.29 is 14.6 Å². The first-order chi connectivity index (χ1) is 9.61. The molecule has 0 saturated carbocycles. The van der Waals surface area contributed by atoms with Crippen LogP contribution in [0.1, 0.15) is 23.4 Å². The standard InChI is InChI=1S/C14H23N3O3/c1-10-13(11(2)16-15-10)3-4-14(19)17-5-6-20-9-12(7-17)8-18/h12,18H,3-9H2,1-2H3,(H,15,16)/t12-/m1/s1. The molecular formula is C14H23N3O3. The van der Waals surface area contributed by atoms with Crippen molar-refractivity contribution in [3.8, 4) is 0 Å². The zero-order chi connectivity index (χ0) is 14.5. The van der Waals surface area contributed by atoms with Gasteiger partial charge in [0.15, 0.2) is 0 Å². The second-order valence-corrected chi connectivity index (χ2v) is 5.38. The highest BCUT2D eigenvalue weighted by Crippen LogP contribution is 2.14. The molecule has 2 heterocycles.